The Bertz CT molecular complexity index is 608. The fraction of sp³-hybridized carbons (Fsp3) is 0.333. The minimum absolute atomic E-state index is 0. The summed E-state index contributed by atoms with van der Waals surface area (Å²) in [5.74, 6) is -0.280. The zero-order chi connectivity index (χ0) is 15.5. The van der Waals surface area contributed by atoms with Crippen LogP contribution >= 0.6 is 12.4 Å². The maximum Gasteiger partial charge on any atom is 0.174 e. The zero-order valence-electron chi connectivity index (χ0n) is 12.9. The first kappa shape index (κ1) is 17.9. The summed E-state index contributed by atoms with van der Waals surface area (Å²) in [6, 6.07) is 16.3. The lowest BCUT2D eigenvalue weighted by Crippen LogP contribution is -2.46. The van der Waals surface area contributed by atoms with Crippen LogP contribution in [0.25, 0.3) is 0 Å². The van der Waals surface area contributed by atoms with Crippen molar-refractivity contribution in [3.8, 4) is 0 Å². The third-order valence-corrected chi connectivity index (χ3v) is 4.26. The molecule has 2 aromatic carbocycles. The molecule has 3 atom stereocenters. The highest BCUT2D eigenvalue weighted by Crippen LogP contribution is 2.35. The molecule has 0 radical (unpaired) electrons. The molecule has 3 rings (SSSR count). The van der Waals surface area contributed by atoms with E-state index in [9.17, 15) is 9.50 Å². The molecule has 23 heavy (non-hydrogen) atoms. The Morgan fingerprint density at radius 3 is 2.43 bits per heavy atom. The molecular weight excluding hydrogens is 317 g/mol. The van der Waals surface area contributed by atoms with Crippen LogP contribution in [0.15, 0.2) is 54.6 Å². The van der Waals surface area contributed by atoms with Gasteiger partial charge in [0.2, 0.25) is 0 Å². The molecule has 124 valence electrons. The van der Waals surface area contributed by atoms with Crippen LogP contribution in [0.2, 0.25) is 0 Å². The number of aliphatic hydroxyl groups excluding tert-OH is 1. The van der Waals surface area contributed by atoms with Crippen molar-refractivity contribution in [3.05, 3.63) is 71.5 Å². The van der Waals surface area contributed by atoms with Gasteiger partial charge in [-0.05, 0) is 30.2 Å². The van der Waals surface area contributed by atoms with Crippen LogP contribution in [0.4, 0.5) is 4.39 Å². The highest BCUT2D eigenvalue weighted by molar-refractivity contribution is 5.85. The average molecular weight is 338 g/mol. The summed E-state index contributed by atoms with van der Waals surface area (Å²) in [6.45, 7) is 3.31. The maximum atomic E-state index is 13.2. The number of hydrogen-bond acceptors (Lipinski definition) is 3. The minimum atomic E-state index is -0.912. The summed E-state index contributed by atoms with van der Waals surface area (Å²) in [5.41, 5.74) is 2.04. The van der Waals surface area contributed by atoms with E-state index in [1.54, 1.807) is 12.1 Å². The normalized spacial score (nSPS) is 23.1. The fourth-order valence-corrected chi connectivity index (χ4v) is 3.05. The first-order valence-electron chi connectivity index (χ1n) is 7.52. The van der Waals surface area contributed by atoms with Crippen molar-refractivity contribution in [2.45, 2.75) is 25.3 Å². The van der Waals surface area contributed by atoms with Gasteiger partial charge in [-0.1, -0.05) is 42.5 Å². The van der Waals surface area contributed by atoms with Crippen molar-refractivity contribution in [2.24, 2.45) is 0 Å². The Kier molecular flexibility index (Phi) is 6.13. The monoisotopic (exact) mass is 337 g/mol. The molecule has 1 aliphatic heterocycles. The Hall–Kier alpha value is -1.46. The molecule has 1 aliphatic rings. The van der Waals surface area contributed by atoms with Gasteiger partial charge in [0, 0.05) is 12.6 Å². The average Bonchev–Trinajstić information content (AvgIpc) is 2.56. The lowest BCUT2D eigenvalue weighted by Gasteiger charge is -2.42. The van der Waals surface area contributed by atoms with Gasteiger partial charge in [0.25, 0.3) is 0 Å². The van der Waals surface area contributed by atoms with Crippen molar-refractivity contribution >= 4 is 12.4 Å². The van der Waals surface area contributed by atoms with Gasteiger partial charge in [0.15, 0.2) is 6.29 Å². The first-order valence-corrected chi connectivity index (χ1v) is 7.52. The van der Waals surface area contributed by atoms with E-state index in [4.69, 9.17) is 4.74 Å². The summed E-state index contributed by atoms with van der Waals surface area (Å²) in [5, 5.41) is 10.3. The van der Waals surface area contributed by atoms with Gasteiger partial charge in [0.05, 0.1) is 12.6 Å². The van der Waals surface area contributed by atoms with E-state index in [2.05, 4.69) is 24.0 Å². The molecular formula is C18H21ClFNO2. The SMILES string of the molecule is C[C@H](c1ccccc1)N1CCO[C@H](O)[C@H]1c1ccc(F)cc1.Cl. The molecule has 0 saturated carbocycles. The molecule has 0 unspecified atom stereocenters. The number of ether oxygens (including phenoxy) is 1. The first-order chi connectivity index (χ1) is 10.7. The van der Waals surface area contributed by atoms with Crippen LogP contribution in [0.3, 0.4) is 0 Å². The third-order valence-electron chi connectivity index (χ3n) is 4.26. The quantitative estimate of drug-likeness (QED) is 0.927. The molecule has 0 bridgehead atoms. The molecule has 0 aromatic heterocycles. The third kappa shape index (κ3) is 3.90. The smallest absolute Gasteiger partial charge is 0.174 e. The summed E-state index contributed by atoms with van der Waals surface area (Å²) < 4.78 is 18.6. The Labute approximate surface area is 142 Å². The molecule has 0 aliphatic carbocycles. The van der Waals surface area contributed by atoms with Gasteiger partial charge in [-0.15, -0.1) is 12.4 Å². The molecule has 0 amide bonds. The summed E-state index contributed by atoms with van der Waals surface area (Å²) in [6.07, 6.45) is -0.912. The number of benzene rings is 2. The molecule has 0 spiro atoms. The van der Waals surface area contributed by atoms with Crippen LogP contribution in [-0.2, 0) is 4.74 Å². The van der Waals surface area contributed by atoms with E-state index in [0.29, 0.717) is 6.61 Å². The second-order valence-electron chi connectivity index (χ2n) is 5.58. The number of nitrogens with zero attached hydrogens (tertiary/aromatic N) is 1. The van der Waals surface area contributed by atoms with Crippen LogP contribution in [-0.4, -0.2) is 29.4 Å². The van der Waals surface area contributed by atoms with Crippen molar-refractivity contribution in [1.82, 2.24) is 4.90 Å². The topological polar surface area (TPSA) is 32.7 Å². The lowest BCUT2D eigenvalue weighted by molar-refractivity contribution is -0.189. The van der Waals surface area contributed by atoms with Gasteiger partial charge in [-0.25, -0.2) is 4.39 Å². The number of rotatable bonds is 3. The Morgan fingerprint density at radius 1 is 1.13 bits per heavy atom. The second-order valence-corrected chi connectivity index (χ2v) is 5.58. The maximum absolute atomic E-state index is 13.2. The highest BCUT2D eigenvalue weighted by atomic mass is 35.5. The van der Waals surface area contributed by atoms with Gasteiger partial charge < -0.3 is 9.84 Å². The predicted octanol–water partition coefficient (Wildman–Crippen LogP) is 3.70. The van der Waals surface area contributed by atoms with E-state index >= 15 is 0 Å². The lowest BCUT2D eigenvalue weighted by atomic mass is 9.98. The van der Waals surface area contributed by atoms with Crippen LogP contribution in [0.5, 0.6) is 0 Å². The highest BCUT2D eigenvalue weighted by Gasteiger charge is 2.35. The summed E-state index contributed by atoms with van der Waals surface area (Å²) in [7, 11) is 0. The molecule has 1 N–H and O–H groups in total. The number of morpholine rings is 1. The Balaban J connectivity index is 0.00000192. The molecule has 2 aromatic rings. The van der Waals surface area contributed by atoms with Crippen LogP contribution in [0.1, 0.15) is 30.1 Å². The van der Waals surface area contributed by atoms with Gasteiger partial charge >= 0.3 is 0 Å². The van der Waals surface area contributed by atoms with Crippen molar-refractivity contribution in [3.63, 3.8) is 0 Å². The van der Waals surface area contributed by atoms with E-state index in [1.165, 1.54) is 17.7 Å². The number of hydrogen-bond donors (Lipinski definition) is 1. The molecule has 5 heteroatoms. The number of aliphatic hydroxyl groups is 1. The second kappa shape index (κ2) is 7.88. The molecule has 1 saturated heterocycles. The largest absolute Gasteiger partial charge is 0.366 e. The minimum Gasteiger partial charge on any atom is -0.366 e. The fourth-order valence-electron chi connectivity index (χ4n) is 3.05. The predicted molar refractivity (Wildman–Crippen MR) is 89.9 cm³/mol. The van der Waals surface area contributed by atoms with Gasteiger partial charge in [0.1, 0.15) is 5.82 Å². The van der Waals surface area contributed by atoms with Crippen LogP contribution in [0, 0.1) is 5.82 Å². The summed E-state index contributed by atoms with van der Waals surface area (Å²) in [4.78, 5) is 2.21. The van der Waals surface area contributed by atoms with Crippen LogP contribution < -0.4 is 0 Å². The number of halogens is 2. The molecule has 1 heterocycles. The van der Waals surface area contributed by atoms with Gasteiger partial charge in [-0.3, -0.25) is 4.90 Å². The zero-order valence-corrected chi connectivity index (χ0v) is 13.7. The van der Waals surface area contributed by atoms with Crippen molar-refractivity contribution in [1.29, 1.82) is 0 Å². The van der Waals surface area contributed by atoms with Crippen molar-refractivity contribution in [2.75, 3.05) is 13.2 Å². The van der Waals surface area contributed by atoms with E-state index in [1.807, 2.05) is 18.2 Å². The standard InChI is InChI=1S/C18H20FNO2.ClH/c1-13(14-5-3-2-4-6-14)20-11-12-22-18(21)17(20)15-7-9-16(19)10-8-15;/h2-10,13,17-18,21H,11-12H2,1H3;1H/t13-,17-,18+;/m1./s1. The van der Waals surface area contributed by atoms with E-state index in [0.717, 1.165) is 12.1 Å². The summed E-state index contributed by atoms with van der Waals surface area (Å²) >= 11 is 0. The van der Waals surface area contributed by atoms with Crippen molar-refractivity contribution < 1.29 is 14.2 Å². The van der Waals surface area contributed by atoms with E-state index in [-0.39, 0.29) is 30.3 Å². The molecule has 3 nitrogen and oxygen atoms in total. The Morgan fingerprint density at radius 2 is 1.78 bits per heavy atom. The van der Waals surface area contributed by atoms with E-state index < -0.39 is 6.29 Å². The molecule has 1 fully saturated rings. The van der Waals surface area contributed by atoms with Gasteiger partial charge in [-0.2, -0.15) is 0 Å².